The Morgan fingerprint density at radius 1 is 1.04 bits per heavy atom. The third kappa shape index (κ3) is 4.25. The summed E-state index contributed by atoms with van der Waals surface area (Å²) >= 11 is 0. The van der Waals surface area contributed by atoms with Crippen molar-refractivity contribution in [3.05, 3.63) is 65.2 Å². The average molecular weight is 338 g/mol. The zero-order chi connectivity index (χ0) is 17.8. The lowest BCUT2D eigenvalue weighted by molar-refractivity contribution is -0.907. The molecule has 1 unspecified atom stereocenters. The molecule has 130 valence electrons. The molecule has 0 fully saturated rings. The van der Waals surface area contributed by atoms with Gasteiger partial charge < -0.3 is 15.1 Å². The summed E-state index contributed by atoms with van der Waals surface area (Å²) in [7, 11) is 3.44. The largest absolute Gasteiger partial charge is 0.345 e. The van der Waals surface area contributed by atoms with E-state index < -0.39 is 0 Å². The second-order valence-corrected chi connectivity index (χ2v) is 6.70. The summed E-state index contributed by atoms with van der Waals surface area (Å²) in [6, 6.07) is 15.5. The Balaban J connectivity index is 1.55. The molecule has 2 aromatic carbocycles. The molecule has 0 radical (unpaired) electrons. The number of amides is 2. The number of anilines is 1. The molecular formula is C20H24N3O2+. The lowest BCUT2D eigenvalue weighted by Gasteiger charge is -2.25. The van der Waals surface area contributed by atoms with Crippen LogP contribution in [0.2, 0.25) is 0 Å². The van der Waals surface area contributed by atoms with Crippen molar-refractivity contribution in [3.8, 4) is 0 Å². The molecule has 1 atom stereocenters. The second-order valence-electron chi connectivity index (χ2n) is 6.70. The maximum absolute atomic E-state index is 12.3. The van der Waals surface area contributed by atoms with Crippen molar-refractivity contribution in [2.75, 3.05) is 32.5 Å². The Morgan fingerprint density at radius 2 is 1.72 bits per heavy atom. The summed E-state index contributed by atoms with van der Waals surface area (Å²) in [6.07, 6.45) is 1.01. The van der Waals surface area contributed by atoms with Crippen molar-refractivity contribution in [2.24, 2.45) is 0 Å². The number of carbonyl (C=O) groups excluding carboxylic acids is 2. The first-order chi connectivity index (χ1) is 12.0. The van der Waals surface area contributed by atoms with Crippen LogP contribution in [0.25, 0.3) is 0 Å². The van der Waals surface area contributed by atoms with Crippen LogP contribution in [0.5, 0.6) is 0 Å². The van der Waals surface area contributed by atoms with Crippen molar-refractivity contribution in [2.45, 2.75) is 13.0 Å². The molecule has 5 nitrogen and oxygen atoms in total. The maximum Gasteiger partial charge on any atom is 0.279 e. The molecular weight excluding hydrogens is 314 g/mol. The first-order valence-corrected chi connectivity index (χ1v) is 8.55. The number of hydrogen-bond acceptors (Lipinski definition) is 2. The van der Waals surface area contributed by atoms with Gasteiger partial charge in [0.25, 0.3) is 11.8 Å². The van der Waals surface area contributed by atoms with E-state index in [-0.39, 0.29) is 11.8 Å². The predicted molar refractivity (Wildman–Crippen MR) is 97.6 cm³/mol. The highest BCUT2D eigenvalue weighted by molar-refractivity contribution is 5.95. The summed E-state index contributed by atoms with van der Waals surface area (Å²) in [5.74, 6) is -0.0460. The second kappa shape index (κ2) is 7.49. The molecule has 2 N–H and O–H groups in total. The Hall–Kier alpha value is -2.66. The van der Waals surface area contributed by atoms with Gasteiger partial charge in [0.05, 0.1) is 6.54 Å². The van der Waals surface area contributed by atoms with Gasteiger partial charge in [0.1, 0.15) is 6.54 Å². The standard InChI is InChI=1S/C20H23N3O2/c1-22(2)20(25)16-7-9-18(10-8-16)21-19(24)14-23-12-11-15-5-3-4-6-17(15)13-23/h3-10H,11-14H2,1-2H3,(H,21,24)/p+1. The van der Waals surface area contributed by atoms with E-state index in [1.165, 1.54) is 20.9 Å². The molecule has 5 heteroatoms. The summed E-state index contributed by atoms with van der Waals surface area (Å²) in [5.41, 5.74) is 4.06. The highest BCUT2D eigenvalue weighted by atomic mass is 16.2. The number of benzene rings is 2. The minimum Gasteiger partial charge on any atom is -0.345 e. The molecule has 1 aliphatic heterocycles. The normalized spacial score (nSPS) is 16.0. The van der Waals surface area contributed by atoms with Crippen LogP contribution in [-0.2, 0) is 17.8 Å². The van der Waals surface area contributed by atoms with Gasteiger partial charge in [-0.1, -0.05) is 24.3 Å². The van der Waals surface area contributed by atoms with Gasteiger partial charge in [-0.25, -0.2) is 0 Å². The fourth-order valence-electron chi connectivity index (χ4n) is 3.18. The third-order valence-corrected chi connectivity index (χ3v) is 4.54. The summed E-state index contributed by atoms with van der Waals surface area (Å²) in [4.78, 5) is 27.0. The highest BCUT2D eigenvalue weighted by Gasteiger charge is 2.21. The molecule has 0 aliphatic carbocycles. The zero-order valence-electron chi connectivity index (χ0n) is 14.7. The van der Waals surface area contributed by atoms with E-state index in [9.17, 15) is 9.59 Å². The quantitative estimate of drug-likeness (QED) is 0.873. The van der Waals surface area contributed by atoms with Crippen LogP contribution in [0.1, 0.15) is 21.5 Å². The molecule has 0 aromatic heterocycles. The van der Waals surface area contributed by atoms with Gasteiger partial charge in [-0.05, 0) is 29.8 Å². The molecule has 2 amide bonds. The van der Waals surface area contributed by atoms with Crippen LogP contribution in [0, 0.1) is 0 Å². The van der Waals surface area contributed by atoms with Gasteiger partial charge in [0.15, 0.2) is 6.54 Å². The van der Waals surface area contributed by atoms with Crippen LogP contribution >= 0.6 is 0 Å². The Bertz CT molecular complexity index is 769. The zero-order valence-corrected chi connectivity index (χ0v) is 14.7. The minimum atomic E-state index is -0.0469. The smallest absolute Gasteiger partial charge is 0.279 e. The lowest BCUT2D eigenvalue weighted by atomic mass is 10.00. The Morgan fingerprint density at radius 3 is 2.40 bits per heavy atom. The van der Waals surface area contributed by atoms with Gasteiger partial charge in [-0.2, -0.15) is 0 Å². The molecule has 0 saturated carbocycles. The van der Waals surface area contributed by atoms with Crippen molar-refractivity contribution in [1.29, 1.82) is 0 Å². The summed E-state index contributed by atoms with van der Waals surface area (Å²) in [5, 5.41) is 2.92. The van der Waals surface area contributed by atoms with Crippen molar-refractivity contribution >= 4 is 17.5 Å². The predicted octanol–water partition coefficient (Wildman–Crippen LogP) is 0.968. The average Bonchev–Trinajstić information content (AvgIpc) is 2.61. The van der Waals surface area contributed by atoms with E-state index in [0.29, 0.717) is 12.1 Å². The topological polar surface area (TPSA) is 53.9 Å². The Labute approximate surface area is 148 Å². The molecule has 0 bridgehead atoms. The fraction of sp³-hybridized carbons (Fsp3) is 0.300. The van der Waals surface area contributed by atoms with E-state index in [4.69, 9.17) is 0 Å². The summed E-state index contributed by atoms with van der Waals surface area (Å²) in [6.45, 7) is 2.31. The first kappa shape index (κ1) is 17.2. The lowest BCUT2D eigenvalue weighted by Crippen LogP contribution is -3.12. The minimum absolute atomic E-state index is 0.000988. The van der Waals surface area contributed by atoms with Gasteiger partial charge in [-0.15, -0.1) is 0 Å². The fourth-order valence-corrected chi connectivity index (χ4v) is 3.18. The molecule has 2 aromatic rings. The van der Waals surface area contributed by atoms with E-state index in [1.54, 1.807) is 38.4 Å². The van der Waals surface area contributed by atoms with Crippen molar-refractivity contribution in [1.82, 2.24) is 4.90 Å². The van der Waals surface area contributed by atoms with Crippen LogP contribution in [0.3, 0.4) is 0 Å². The number of fused-ring (bicyclic) bond motifs is 1. The molecule has 25 heavy (non-hydrogen) atoms. The van der Waals surface area contributed by atoms with E-state index in [0.717, 1.165) is 25.2 Å². The first-order valence-electron chi connectivity index (χ1n) is 8.55. The van der Waals surface area contributed by atoms with Crippen LogP contribution in [0.15, 0.2) is 48.5 Å². The van der Waals surface area contributed by atoms with Crippen LogP contribution in [0.4, 0.5) is 5.69 Å². The number of quaternary nitrogens is 1. The van der Waals surface area contributed by atoms with Crippen molar-refractivity contribution < 1.29 is 14.5 Å². The number of rotatable bonds is 4. The number of carbonyl (C=O) groups is 2. The summed E-state index contributed by atoms with van der Waals surface area (Å²) < 4.78 is 0. The molecule has 1 aliphatic rings. The molecule has 3 rings (SSSR count). The monoisotopic (exact) mass is 338 g/mol. The van der Waals surface area contributed by atoms with Crippen LogP contribution in [-0.4, -0.2) is 43.9 Å². The number of hydrogen-bond donors (Lipinski definition) is 2. The van der Waals surface area contributed by atoms with Crippen molar-refractivity contribution in [3.63, 3.8) is 0 Å². The highest BCUT2D eigenvalue weighted by Crippen LogP contribution is 2.12. The molecule has 0 spiro atoms. The van der Waals surface area contributed by atoms with Crippen LogP contribution < -0.4 is 10.2 Å². The number of nitrogens with zero attached hydrogens (tertiary/aromatic N) is 1. The van der Waals surface area contributed by atoms with Gasteiger partial charge in [-0.3, -0.25) is 9.59 Å². The number of nitrogens with one attached hydrogen (secondary N) is 2. The molecule has 1 heterocycles. The third-order valence-electron chi connectivity index (χ3n) is 4.54. The molecule has 0 saturated heterocycles. The van der Waals surface area contributed by atoms with E-state index in [1.807, 2.05) is 0 Å². The van der Waals surface area contributed by atoms with E-state index >= 15 is 0 Å². The maximum atomic E-state index is 12.3. The SMILES string of the molecule is CN(C)C(=O)c1ccc(NC(=O)C[NH+]2CCc3ccccc3C2)cc1. The van der Waals surface area contributed by atoms with Gasteiger partial charge in [0, 0.05) is 37.3 Å². The van der Waals surface area contributed by atoms with E-state index in [2.05, 4.69) is 29.6 Å². The Kier molecular flexibility index (Phi) is 5.14. The van der Waals surface area contributed by atoms with Gasteiger partial charge in [0.2, 0.25) is 0 Å². The van der Waals surface area contributed by atoms with Gasteiger partial charge >= 0.3 is 0 Å².